The van der Waals surface area contributed by atoms with Crippen molar-refractivity contribution in [3.8, 4) is 11.4 Å². The van der Waals surface area contributed by atoms with Gasteiger partial charge < -0.3 is 10.1 Å². The fraction of sp³-hybridized carbons (Fsp3) is 0.333. The van der Waals surface area contributed by atoms with Crippen molar-refractivity contribution in [3.63, 3.8) is 0 Å². The van der Waals surface area contributed by atoms with Crippen LogP contribution in [0.25, 0.3) is 11.4 Å². The van der Waals surface area contributed by atoms with Gasteiger partial charge >= 0.3 is 5.97 Å². The smallest absolute Gasteiger partial charge is 0.356 e. The van der Waals surface area contributed by atoms with E-state index < -0.39 is 5.97 Å². The van der Waals surface area contributed by atoms with Crippen LogP contribution in [-0.4, -0.2) is 58.7 Å². The number of benzene rings is 1. The first-order valence-corrected chi connectivity index (χ1v) is 13.6. The number of hydrogen-bond acceptors (Lipinski definition) is 8. The predicted molar refractivity (Wildman–Crippen MR) is 140 cm³/mol. The van der Waals surface area contributed by atoms with Crippen LogP contribution in [0.3, 0.4) is 0 Å². The normalized spacial score (nSPS) is 14.6. The molecule has 3 aromatic rings. The van der Waals surface area contributed by atoms with Crippen molar-refractivity contribution in [2.75, 3.05) is 26.0 Å². The molecule has 1 fully saturated rings. The van der Waals surface area contributed by atoms with E-state index in [0.717, 1.165) is 42.4 Å². The SMILES string of the molecule is COC(=O)c1cccc(-c2csc(SCC(=O)NC3CCN(Cc4ccc(Cl)c(Cl)c4)CC3)n2)n1. The summed E-state index contributed by atoms with van der Waals surface area (Å²) in [6, 6.07) is 11.0. The number of rotatable bonds is 8. The quantitative estimate of drug-likeness (QED) is 0.306. The second-order valence-electron chi connectivity index (χ2n) is 8.05. The summed E-state index contributed by atoms with van der Waals surface area (Å²) in [5.74, 6) is -0.194. The standard InChI is InChI=1S/C24H24Cl2N4O3S2/c1-33-23(32)20-4-2-3-19(28-20)21-13-34-24(29-21)35-14-22(31)27-16-7-9-30(10-8-16)12-15-5-6-17(25)18(26)11-15/h2-6,11,13,16H,7-10,12,14H2,1H3,(H,27,31). The van der Waals surface area contributed by atoms with E-state index >= 15 is 0 Å². The molecule has 35 heavy (non-hydrogen) atoms. The van der Waals surface area contributed by atoms with Gasteiger partial charge in [0.2, 0.25) is 5.91 Å². The first-order chi connectivity index (χ1) is 16.9. The lowest BCUT2D eigenvalue weighted by molar-refractivity contribution is -0.119. The molecule has 3 heterocycles. The molecule has 0 atom stereocenters. The zero-order valence-corrected chi connectivity index (χ0v) is 22.1. The van der Waals surface area contributed by atoms with Crippen molar-refractivity contribution in [1.29, 1.82) is 0 Å². The number of thioether (sulfide) groups is 1. The van der Waals surface area contributed by atoms with Gasteiger partial charge in [-0.15, -0.1) is 11.3 Å². The highest BCUT2D eigenvalue weighted by Crippen LogP contribution is 2.28. The maximum Gasteiger partial charge on any atom is 0.356 e. The van der Waals surface area contributed by atoms with Gasteiger partial charge in [-0.2, -0.15) is 0 Å². The van der Waals surface area contributed by atoms with Gasteiger partial charge in [-0.1, -0.05) is 47.1 Å². The van der Waals surface area contributed by atoms with Crippen LogP contribution < -0.4 is 5.32 Å². The fourth-order valence-electron chi connectivity index (χ4n) is 3.77. The minimum atomic E-state index is -0.492. The van der Waals surface area contributed by atoms with Crippen LogP contribution in [0.4, 0.5) is 0 Å². The summed E-state index contributed by atoms with van der Waals surface area (Å²) in [7, 11) is 1.32. The van der Waals surface area contributed by atoms with E-state index in [1.54, 1.807) is 18.2 Å². The number of methoxy groups -OCH3 is 1. The maximum absolute atomic E-state index is 12.5. The molecule has 0 unspecified atom stereocenters. The Bertz CT molecular complexity index is 1200. The zero-order chi connectivity index (χ0) is 24.8. The number of thiazole rings is 1. The third-order valence-electron chi connectivity index (χ3n) is 5.56. The highest BCUT2D eigenvalue weighted by Gasteiger charge is 2.21. The Morgan fingerprint density at radius 1 is 1.14 bits per heavy atom. The molecule has 0 aliphatic carbocycles. The van der Waals surface area contributed by atoms with Gasteiger partial charge in [0, 0.05) is 31.1 Å². The highest BCUT2D eigenvalue weighted by molar-refractivity contribution is 8.01. The van der Waals surface area contributed by atoms with Crippen LogP contribution in [0.5, 0.6) is 0 Å². The second-order valence-corrected chi connectivity index (χ2v) is 10.9. The van der Waals surface area contributed by atoms with Crippen molar-refractivity contribution in [3.05, 3.63) is 63.1 Å². The Labute approximate surface area is 222 Å². The molecule has 1 aromatic carbocycles. The minimum Gasteiger partial charge on any atom is -0.464 e. The molecule has 4 rings (SSSR count). The summed E-state index contributed by atoms with van der Waals surface area (Å²) in [6.45, 7) is 2.63. The average Bonchev–Trinajstić information content (AvgIpc) is 3.35. The van der Waals surface area contributed by atoms with E-state index in [9.17, 15) is 9.59 Å². The lowest BCUT2D eigenvalue weighted by Crippen LogP contribution is -2.44. The van der Waals surface area contributed by atoms with Crippen molar-refractivity contribution in [1.82, 2.24) is 20.2 Å². The van der Waals surface area contributed by atoms with E-state index in [-0.39, 0.29) is 17.6 Å². The van der Waals surface area contributed by atoms with Crippen LogP contribution in [0.2, 0.25) is 10.0 Å². The largest absolute Gasteiger partial charge is 0.464 e. The Hall–Kier alpha value is -2.17. The molecule has 0 radical (unpaired) electrons. The van der Waals surface area contributed by atoms with Gasteiger partial charge in [0.05, 0.1) is 28.6 Å². The van der Waals surface area contributed by atoms with Crippen molar-refractivity contribution in [2.45, 2.75) is 29.8 Å². The van der Waals surface area contributed by atoms with E-state index in [4.69, 9.17) is 27.9 Å². The van der Waals surface area contributed by atoms with Crippen molar-refractivity contribution < 1.29 is 14.3 Å². The molecule has 1 amide bonds. The van der Waals surface area contributed by atoms with Crippen molar-refractivity contribution in [2.24, 2.45) is 0 Å². The summed E-state index contributed by atoms with van der Waals surface area (Å²) >= 11 is 15.0. The lowest BCUT2D eigenvalue weighted by atomic mass is 10.0. The van der Waals surface area contributed by atoms with Gasteiger partial charge in [-0.25, -0.2) is 14.8 Å². The minimum absolute atomic E-state index is 0.000460. The number of piperidine rings is 1. The number of carbonyl (C=O) groups excluding carboxylic acids is 2. The number of halogens is 2. The van der Waals surface area contributed by atoms with Gasteiger partial charge in [0.1, 0.15) is 11.4 Å². The van der Waals surface area contributed by atoms with Crippen LogP contribution in [0, 0.1) is 0 Å². The topological polar surface area (TPSA) is 84.4 Å². The van der Waals surface area contributed by atoms with Crippen molar-refractivity contribution >= 4 is 58.2 Å². The van der Waals surface area contributed by atoms with Crippen LogP contribution in [0.1, 0.15) is 28.9 Å². The maximum atomic E-state index is 12.5. The van der Waals surface area contributed by atoms with Gasteiger partial charge in [0.15, 0.2) is 4.34 Å². The molecule has 11 heteroatoms. The Balaban J connectivity index is 1.21. The van der Waals surface area contributed by atoms with Crippen LogP contribution in [-0.2, 0) is 16.1 Å². The molecule has 0 spiro atoms. The molecule has 0 saturated carbocycles. The summed E-state index contributed by atoms with van der Waals surface area (Å²) < 4.78 is 5.50. The molecule has 7 nitrogen and oxygen atoms in total. The number of esters is 1. The highest BCUT2D eigenvalue weighted by atomic mass is 35.5. The molecule has 0 bridgehead atoms. The summed E-state index contributed by atoms with van der Waals surface area (Å²) in [5.41, 5.74) is 2.62. The molecular formula is C24H24Cl2N4O3S2. The molecule has 1 N–H and O–H groups in total. The molecule has 1 aliphatic heterocycles. The lowest BCUT2D eigenvalue weighted by Gasteiger charge is -2.32. The molecule has 1 aliphatic rings. The van der Waals surface area contributed by atoms with E-state index in [0.29, 0.717) is 27.2 Å². The summed E-state index contributed by atoms with van der Waals surface area (Å²) in [4.78, 5) is 35.4. The number of ether oxygens (including phenoxy) is 1. The Kier molecular flexibility index (Phi) is 9.02. The monoisotopic (exact) mass is 550 g/mol. The average molecular weight is 552 g/mol. The number of carbonyl (C=O) groups is 2. The first kappa shape index (κ1) is 25.9. The number of hydrogen-bond donors (Lipinski definition) is 1. The van der Waals surface area contributed by atoms with Gasteiger partial charge in [-0.3, -0.25) is 9.69 Å². The number of pyridine rings is 1. The third-order valence-corrected chi connectivity index (χ3v) is 8.32. The molecular weight excluding hydrogens is 527 g/mol. The Morgan fingerprint density at radius 3 is 2.69 bits per heavy atom. The van der Waals surface area contributed by atoms with E-state index in [1.165, 1.54) is 30.2 Å². The van der Waals surface area contributed by atoms with E-state index in [1.807, 2.05) is 23.6 Å². The van der Waals surface area contributed by atoms with Crippen LogP contribution >= 0.6 is 46.3 Å². The Morgan fingerprint density at radius 2 is 1.94 bits per heavy atom. The number of aromatic nitrogens is 2. The number of amides is 1. The van der Waals surface area contributed by atoms with E-state index in [2.05, 4.69) is 20.2 Å². The second kappa shape index (κ2) is 12.2. The number of nitrogens with one attached hydrogen (secondary N) is 1. The summed E-state index contributed by atoms with van der Waals surface area (Å²) in [6.07, 6.45) is 1.81. The fourth-order valence-corrected chi connectivity index (χ4v) is 5.72. The third kappa shape index (κ3) is 7.17. The summed E-state index contributed by atoms with van der Waals surface area (Å²) in [5, 5.41) is 6.15. The van der Waals surface area contributed by atoms with Gasteiger partial charge in [0.25, 0.3) is 0 Å². The van der Waals surface area contributed by atoms with Gasteiger partial charge in [-0.05, 0) is 42.7 Å². The molecule has 1 saturated heterocycles. The zero-order valence-electron chi connectivity index (χ0n) is 19.0. The molecule has 2 aromatic heterocycles. The number of nitrogens with zero attached hydrogens (tertiary/aromatic N) is 3. The molecule has 184 valence electrons. The predicted octanol–water partition coefficient (Wildman–Crippen LogP) is 5.17. The van der Waals surface area contributed by atoms with Crippen LogP contribution in [0.15, 0.2) is 46.1 Å². The number of likely N-dealkylation sites (tertiary alicyclic amines) is 1. The first-order valence-electron chi connectivity index (χ1n) is 11.0.